The molecule has 0 aliphatic heterocycles. The average molecular weight is 328 g/mol. The van der Waals surface area contributed by atoms with Crippen molar-refractivity contribution in [3.63, 3.8) is 0 Å². The fourth-order valence-electron chi connectivity index (χ4n) is 1.49. The number of aromatic nitrogens is 2. The molecule has 0 saturated carbocycles. The van der Waals surface area contributed by atoms with Gasteiger partial charge in [0.25, 0.3) is 0 Å². The van der Waals surface area contributed by atoms with Crippen LogP contribution in [0, 0.1) is 6.92 Å². The molecule has 0 atom stereocenters. The molecule has 1 aromatic heterocycles. The summed E-state index contributed by atoms with van der Waals surface area (Å²) < 4.78 is 0.784. The zero-order chi connectivity index (χ0) is 13.1. The SMILES string of the molecule is CNc1ncnc(Nc2cc(Cl)ccc2C)c1Br. The Morgan fingerprint density at radius 3 is 2.67 bits per heavy atom. The van der Waals surface area contributed by atoms with Crippen molar-refractivity contribution in [1.29, 1.82) is 0 Å². The van der Waals surface area contributed by atoms with E-state index >= 15 is 0 Å². The van der Waals surface area contributed by atoms with Gasteiger partial charge in [0.2, 0.25) is 0 Å². The number of hydrogen-bond donors (Lipinski definition) is 2. The molecule has 2 aromatic rings. The van der Waals surface area contributed by atoms with E-state index in [1.807, 2.05) is 32.2 Å². The third kappa shape index (κ3) is 2.73. The highest BCUT2D eigenvalue weighted by molar-refractivity contribution is 9.10. The zero-order valence-electron chi connectivity index (χ0n) is 9.96. The van der Waals surface area contributed by atoms with Gasteiger partial charge in [0.05, 0.1) is 0 Å². The van der Waals surface area contributed by atoms with E-state index in [2.05, 4.69) is 36.5 Å². The maximum Gasteiger partial charge on any atom is 0.150 e. The van der Waals surface area contributed by atoms with E-state index in [-0.39, 0.29) is 0 Å². The van der Waals surface area contributed by atoms with Gasteiger partial charge in [0.1, 0.15) is 22.4 Å². The lowest BCUT2D eigenvalue weighted by molar-refractivity contribution is 1.14. The highest BCUT2D eigenvalue weighted by Crippen LogP contribution is 2.30. The molecule has 0 bridgehead atoms. The Bertz CT molecular complexity index is 574. The van der Waals surface area contributed by atoms with Crippen molar-refractivity contribution in [2.45, 2.75) is 6.92 Å². The quantitative estimate of drug-likeness (QED) is 0.895. The van der Waals surface area contributed by atoms with Crippen molar-refractivity contribution in [2.75, 3.05) is 17.7 Å². The van der Waals surface area contributed by atoms with Gasteiger partial charge in [-0.1, -0.05) is 17.7 Å². The molecule has 1 aromatic carbocycles. The van der Waals surface area contributed by atoms with Gasteiger partial charge in [-0.2, -0.15) is 0 Å². The smallest absolute Gasteiger partial charge is 0.150 e. The molecule has 0 aliphatic rings. The minimum absolute atomic E-state index is 0.683. The maximum atomic E-state index is 5.98. The van der Waals surface area contributed by atoms with Crippen molar-refractivity contribution in [3.05, 3.63) is 39.6 Å². The number of rotatable bonds is 3. The van der Waals surface area contributed by atoms with Crippen LogP contribution >= 0.6 is 27.5 Å². The second-order valence-electron chi connectivity index (χ2n) is 3.72. The van der Waals surface area contributed by atoms with Crippen LogP contribution in [-0.2, 0) is 0 Å². The Morgan fingerprint density at radius 2 is 1.94 bits per heavy atom. The number of nitrogens with one attached hydrogen (secondary N) is 2. The second-order valence-corrected chi connectivity index (χ2v) is 4.95. The van der Waals surface area contributed by atoms with Gasteiger partial charge < -0.3 is 10.6 Å². The average Bonchev–Trinajstić information content (AvgIpc) is 2.36. The highest BCUT2D eigenvalue weighted by atomic mass is 79.9. The third-order valence-corrected chi connectivity index (χ3v) is 3.47. The van der Waals surface area contributed by atoms with Gasteiger partial charge in [0, 0.05) is 17.8 Å². The van der Waals surface area contributed by atoms with E-state index in [0.29, 0.717) is 10.8 Å². The summed E-state index contributed by atoms with van der Waals surface area (Å²) in [7, 11) is 1.81. The van der Waals surface area contributed by atoms with Crippen molar-refractivity contribution < 1.29 is 0 Å². The predicted molar refractivity (Wildman–Crippen MR) is 78.8 cm³/mol. The molecule has 4 nitrogen and oxygen atoms in total. The van der Waals surface area contributed by atoms with Crippen molar-refractivity contribution in [2.24, 2.45) is 0 Å². The van der Waals surface area contributed by atoms with E-state index < -0.39 is 0 Å². The molecule has 1 heterocycles. The Balaban J connectivity index is 2.37. The van der Waals surface area contributed by atoms with Crippen LogP contribution in [0.1, 0.15) is 5.56 Å². The molecule has 0 radical (unpaired) electrons. The van der Waals surface area contributed by atoms with Gasteiger partial charge in [0.15, 0.2) is 0 Å². The van der Waals surface area contributed by atoms with Crippen LogP contribution in [0.2, 0.25) is 5.02 Å². The van der Waals surface area contributed by atoms with Gasteiger partial charge in [-0.3, -0.25) is 0 Å². The van der Waals surface area contributed by atoms with E-state index in [9.17, 15) is 0 Å². The van der Waals surface area contributed by atoms with Crippen LogP contribution in [0.4, 0.5) is 17.3 Å². The van der Waals surface area contributed by atoms with Gasteiger partial charge in [-0.05, 0) is 40.5 Å². The molecular formula is C12H12BrClN4. The molecular weight excluding hydrogens is 316 g/mol. The van der Waals surface area contributed by atoms with Gasteiger partial charge in [-0.25, -0.2) is 9.97 Å². The summed E-state index contributed by atoms with van der Waals surface area (Å²) in [4.78, 5) is 8.30. The first-order valence-corrected chi connectivity index (χ1v) is 6.50. The first-order chi connectivity index (χ1) is 8.61. The summed E-state index contributed by atoms with van der Waals surface area (Å²) in [5.74, 6) is 1.42. The van der Waals surface area contributed by atoms with Crippen LogP contribution in [0.3, 0.4) is 0 Å². The van der Waals surface area contributed by atoms with Crippen molar-refractivity contribution in [1.82, 2.24) is 9.97 Å². The molecule has 18 heavy (non-hydrogen) atoms. The molecule has 94 valence electrons. The molecule has 0 amide bonds. The summed E-state index contributed by atoms with van der Waals surface area (Å²) in [6.07, 6.45) is 1.50. The molecule has 6 heteroatoms. The number of aryl methyl sites for hydroxylation is 1. The van der Waals surface area contributed by atoms with Crippen LogP contribution in [0.5, 0.6) is 0 Å². The maximum absolute atomic E-state index is 5.98. The van der Waals surface area contributed by atoms with Gasteiger partial charge >= 0.3 is 0 Å². The van der Waals surface area contributed by atoms with E-state index in [0.717, 1.165) is 21.5 Å². The molecule has 0 unspecified atom stereocenters. The molecule has 0 aliphatic carbocycles. The Kier molecular flexibility index (Phi) is 4.04. The van der Waals surface area contributed by atoms with Crippen LogP contribution < -0.4 is 10.6 Å². The summed E-state index contributed by atoms with van der Waals surface area (Å²) >= 11 is 9.44. The highest BCUT2D eigenvalue weighted by Gasteiger charge is 2.08. The summed E-state index contributed by atoms with van der Waals surface area (Å²) in [5, 5.41) is 6.90. The second kappa shape index (κ2) is 5.54. The van der Waals surface area contributed by atoms with Crippen LogP contribution in [0.25, 0.3) is 0 Å². The number of halogens is 2. The number of anilines is 3. The predicted octanol–water partition coefficient (Wildman–Crippen LogP) is 3.99. The zero-order valence-corrected chi connectivity index (χ0v) is 12.3. The van der Waals surface area contributed by atoms with E-state index in [1.165, 1.54) is 6.33 Å². The first-order valence-electron chi connectivity index (χ1n) is 5.33. The lowest BCUT2D eigenvalue weighted by Crippen LogP contribution is -2.01. The third-order valence-electron chi connectivity index (χ3n) is 2.48. The molecule has 0 spiro atoms. The minimum atomic E-state index is 0.683. The standard InChI is InChI=1S/C12H12BrClN4/c1-7-3-4-8(14)5-9(7)18-12-10(13)11(15-2)16-6-17-12/h3-6H,1-2H3,(H2,15,16,17,18). The van der Waals surface area contributed by atoms with Gasteiger partial charge in [-0.15, -0.1) is 0 Å². The minimum Gasteiger partial charge on any atom is -0.372 e. The Morgan fingerprint density at radius 1 is 1.22 bits per heavy atom. The number of hydrogen-bond acceptors (Lipinski definition) is 4. The lowest BCUT2D eigenvalue weighted by atomic mass is 10.2. The largest absolute Gasteiger partial charge is 0.372 e. The lowest BCUT2D eigenvalue weighted by Gasteiger charge is -2.12. The Labute approximate surface area is 119 Å². The monoisotopic (exact) mass is 326 g/mol. The van der Waals surface area contributed by atoms with Crippen molar-refractivity contribution in [3.8, 4) is 0 Å². The first kappa shape index (κ1) is 13.1. The summed E-state index contributed by atoms with van der Waals surface area (Å²) in [5.41, 5.74) is 2.01. The van der Waals surface area contributed by atoms with Crippen LogP contribution in [-0.4, -0.2) is 17.0 Å². The Hall–Kier alpha value is -1.33. The summed E-state index contributed by atoms with van der Waals surface area (Å²) in [6.45, 7) is 2.01. The fraction of sp³-hybridized carbons (Fsp3) is 0.167. The van der Waals surface area contributed by atoms with Crippen molar-refractivity contribution >= 4 is 44.9 Å². The fourth-order valence-corrected chi connectivity index (χ4v) is 2.16. The number of nitrogens with zero attached hydrogens (tertiary/aromatic N) is 2. The van der Waals surface area contributed by atoms with E-state index in [4.69, 9.17) is 11.6 Å². The number of benzene rings is 1. The molecule has 0 fully saturated rings. The summed E-state index contributed by atoms with van der Waals surface area (Å²) in [6, 6.07) is 5.68. The normalized spacial score (nSPS) is 10.2. The molecule has 0 saturated heterocycles. The van der Waals surface area contributed by atoms with Crippen LogP contribution in [0.15, 0.2) is 29.0 Å². The topological polar surface area (TPSA) is 49.8 Å². The van der Waals surface area contributed by atoms with E-state index in [1.54, 1.807) is 0 Å². The molecule has 2 N–H and O–H groups in total. The molecule has 2 rings (SSSR count).